The number of hydrogen-bond acceptors (Lipinski definition) is 5. The van der Waals surface area contributed by atoms with E-state index in [-0.39, 0.29) is 12.3 Å². The van der Waals surface area contributed by atoms with Crippen molar-refractivity contribution in [3.63, 3.8) is 0 Å². The molecule has 0 spiro atoms. The number of carbonyl (C=O) groups excluding carboxylic acids is 1. The van der Waals surface area contributed by atoms with Gasteiger partial charge in [0.1, 0.15) is 0 Å². The molecule has 0 aliphatic rings. The van der Waals surface area contributed by atoms with Crippen molar-refractivity contribution in [1.82, 2.24) is 5.32 Å². The smallest absolute Gasteiger partial charge is 0.345 e. The minimum absolute atomic E-state index is 0.133. The predicted molar refractivity (Wildman–Crippen MR) is 45.6 cm³/mol. The maximum atomic E-state index is 10.7. The van der Waals surface area contributed by atoms with E-state index in [0.717, 1.165) is 0 Å². The Balaban J connectivity index is 4.34. The third-order valence-corrected chi connectivity index (χ3v) is 1.50. The summed E-state index contributed by atoms with van der Waals surface area (Å²) in [7, 11) is 0. The molecule has 0 aromatic heterocycles. The van der Waals surface area contributed by atoms with Crippen LogP contribution >= 0.6 is 12.6 Å². The van der Waals surface area contributed by atoms with E-state index in [9.17, 15) is 9.59 Å². The molecule has 0 aromatic rings. The third-order valence-electron chi connectivity index (χ3n) is 1.21. The highest BCUT2D eigenvalue weighted by atomic mass is 32.1. The summed E-state index contributed by atoms with van der Waals surface area (Å²) in [6, 6.07) is 0. The van der Waals surface area contributed by atoms with Crippen molar-refractivity contribution in [2.45, 2.75) is 5.66 Å². The summed E-state index contributed by atoms with van der Waals surface area (Å²) >= 11 is 3.63. The minimum atomic E-state index is -1.89. The molecule has 6 nitrogen and oxygen atoms in total. The Morgan fingerprint density at radius 2 is 2.08 bits per heavy atom. The first-order chi connectivity index (χ1) is 5.46. The molecule has 0 rings (SSSR count). The van der Waals surface area contributed by atoms with Gasteiger partial charge in [-0.3, -0.25) is 10.5 Å². The normalized spacial score (nSPS) is 14.9. The van der Waals surface area contributed by atoms with Crippen LogP contribution in [0.2, 0.25) is 0 Å². The first-order valence-corrected chi connectivity index (χ1v) is 3.73. The van der Waals surface area contributed by atoms with Crippen LogP contribution in [0, 0.1) is 0 Å². The van der Waals surface area contributed by atoms with Crippen molar-refractivity contribution < 1.29 is 14.7 Å². The summed E-state index contributed by atoms with van der Waals surface area (Å²) in [5.74, 6) is -2.08. The Bertz CT molecular complexity index is 198. The van der Waals surface area contributed by atoms with Gasteiger partial charge in [0.2, 0.25) is 11.6 Å². The van der Waals surface area contributed by atoms with Gasteiger partial charge in [0.25, 0.3) is 0 Å². The van der Waals surface area contributed by atoms with Gasteiger partial charge in [-0.05, 0) is 0 Å². The van der Waals surface area contributed by atoms with Gasteiger partial charge in [-0.15, -0.1) is 0 Å². The molecular formula is C5H11N3O3S. The van der Waals surface area contributed by atoms with Crippen molar-refractivity contribution in [2.24, 2.45) is 11.5 Å². The molecule has 1 atom stereocenters. The highest BCUT2D eigenvalue weighted by molar-refractivity contribution is 7.81. The summed E-state index contributed by atoms with van der Waals surface area (Å²) in [4.78, 5) is 21.2. The van der Waals surface area contributed by atoms with Crippen molar-refractivity contribution >= 4 is 24.5 Å². The number of carbonyl (C=O) groups is 2. The van der Waals surface area contributed by atoms with Crippen molar-refractivity contribution in [1.29, 1.82) is 0 Å². The van der Waals surface area contributed by atoms with Gasteiger partial charge in [-0.25, -0.2) is 4.79 Å². The molecular weight excluding hydrogens is 182 g/mol. The molecule has 0 aliphatic carbocycles. The van der Waals surface area contributed by atoms with Gasteiger partial charge in [-0.1, -0.05) is 0 Å². The number of nitrogens with one attached hydrogen (secondary N) is 1. The van der Waals surface area contributed by atoms with E-state index < -0.39 is 17.5 Å². The maximum Gasteiger partial charge on any atom is 0.345 e. The van der Waals surface area contributed by atoms with Crippen LogP contribution in [0.4, 0.5) is 0 Å². The van der Waals surface area contributed by atoms with Crippen LogP contribution in [-0.4, -0.2) is 34.9 Å². The maximum absolute atomic E-state index is 10.7. The van der Waals surface area contributed by atoms with Crippen LogP contribution in [0.1, 0.15) is 0 Å². The monoisotopic (exact) mass is 193 g/mol. The summed E-state index contributed by atoms with van der Waals surface area (Å²) < 4.78 is 0. The van der Waals surface area contributed by atoms with Gasteiger partial charge >= 0.3 is 5.97 Å². The SMILES string of the molecule is NCC(N)(NC(=O)CS)C(=O)O. The van der Waals surface area contributed by atoms with E-state index in [1.165, 1.54) is 0 Å². The molecule has 7 heteroatoms. The molecule has 12 heavy (non-hydrogen) atoms. The summed E-state index contributed by atoms with van der Waals surface area (Å²) in [5.41, 5.74) is 8.40. The number of carboxylic acid groups (broad SMARTS) is 1. The van der Waals surface area contributed by atoms with E-state index in [1.807, 2.05) is 5.32 Å². The van der Waals surface area contributed by atoms with Gasteiger partial charge in [0.15, 0.2) is 0 Å². The van der Waals surface area contributed by atoms with Crippen LogP contribution in [-0.2, 0) is 9.59 Å². The molecule has 0 aliphatic heterocycles. The van der Waals surface area contributed by atoms with Crippen LogP contribution in [0.15, 0.2) is 0 Å². The quantitative estimate of drug-likeness (QED) is 0.255. The number of carboxylic acids is 1. The van der Waals surface area contributed by atoms with Gasteiger partial charge in [-0.2, -0.15) is 12.6 Å². The largest absolute Gasteiger partial charge is 0.478 e. The second-order valence-corrected chi connectivity index (χ2v) is 2.50. The Hall–Kier alpha value is -0.790. The van der Waals surface area contributed by atoms with Crippen molar-refractivity contribution in [3.8, 4) is 0 Å². The first-order valence-electron chi connectivity index (χ1n) is 3.10. The number of nitrogens with two attached hydrogens (primary N) is 2. The molecule has 6 N–H and O–H groups in total. The Morgan fingerprint density at radius 3 is 2.33 bits per heavy atom. The summed E-state index contributed by atoms with van der Waals surface area (Å²) in [5, 5.41) is 10.6. The zero-order valence-corrected chi connectivity index (χ0v) is 7.17. The van der Waals surface area contributed by atoms with E-state index in [0.29, 0.717) is 0 Å². The van der Waals surface area contributed by atoms with Gasteiger partial charge in [0, 0.05) is 6.54 Å². The standard InChI is InChI=1S/C5H11N3O3S/c6-2-5(7,4(10)11)8-3(9)1-12/h12H,1-2,6-7H2,(H,8,9)(H,10,11). The Morgan fingerprint density at radius 1 is 1.58 bits per heavy atom. The zero-order chi connectivity index (χ0) is 9.78. The lowest BCUT2D eigenvalue weighted by Gasteiger charge is -2.23. The minimum Gasteiger partial charge on any atom is -0.478 e. The number of rotatable bonds is 4. The Labute approximate surface area is 74.7 Å². The van der Waals surface area contributed by atoms with Crippen LogP contribution in [0.3, 0.4) is 0 Å². The molecule has 0 radical (unpaired) electrons. The summed E-state index contributed by atoms with van der Waals surface area (Å²) in [6.45, 7) is -0.373. The lowest BCUT2D eigenvalue weighted by Crippen LogP contribution is -2.66. The lowest BCUT2D eigenvalue weighted by molar-refractivity contribution is -0.146. The molecule has 1 unspecified atom stereocenters. The van der Waals surface area contributed by atoms with Gasteiger partial charge in [0.05, 0.1) is 5.75 Å². The molecule has 0 saturated heterocycles. The zero-order valence-electron chi connectivity index (χ0n) is 6.28. The molecule has 1 amide bonds. The molecule has 0 fully saturated rings. The van der Waals surface area contributed by atoms with Crippen LogP contribution < -0.4 is 16.8 Å². The second kappa shape index (κ2) is 4.29. The van der Waals surface area contributed by atoms with Gasteiger partial charge < -0.3 is 16.2 Å². The fourth-order valence-electron chi connectivity index (χ4n) is 0.480. The van der Waals surface area contributed by atoms with Crippen LogP contribution in [0.25, 0.3) is 0 Å². The fourth-order valence-corrected chi connectivity index (χ4v) is 0.559. The van der Waals surface area contributed by atoms with Crippen molar-refractivity contribution in [3.05, 3.63) is 0 Å². The predicted octanol–water partition coefficient (Wildman–Crippen LogP) is -2.27. The fraction of sp³-hybridized carbons (Fsp3) is 0.600. The topological polar surface area (TPSA) is 118 Å². The summed E-state index contributed by atoms with van der Waals surface area (Å²) in [6.07, 6.45) is 0. The van der Waals surface area contributed by atoms with E-state index in [1.54, 1.807) is 0 Å². The van der Waals surface area contributed by atoms with Crippen LogP contribution in [0.5, 0.6) is 0 Å². The number of aliphatic carboxylic acids is 1. The first kappa shape index (κ1) is 11.2. The third kappa shape index (κ3) is 2.68. The second-order valence-electron chi connectivity index (χ2n) is 2.19. The molecule has 0 bridgehead atoms. The Kier molecular flexibility index (Phi) is 4.01. The molecule has 70 valence electrons. The van der Waals surface area contributed by atoms with E-state index in [2.05, 4.69) is 12.6 Å². The highest BCUT2D eigenvalue weighted by Gasteiger charge is 2.33. The van der Waals surface area contributed by atoms with E-state index in [4.69, 9.17) is 16.6 Å². The molecule has 0 saturated carbocycles. The average Bonchev–Trinajstić information content (AvgIpc) is 2.03. The van der Waals surface area contributed by atoms with E-state index >= 15 is 0 Å². The average molecular weight is 193 g/mol. The highest BCUT2D eigenvalue weighted by Crippen LogP contribution is 1.92. The van der Waals surface area contributed by atoms with Crippen molar-refractivity contribution in [2.75, 3.05) is 12.3 Å². The number of hydrogen-bond donors (Lipinski definition) is 5. The molecule has 0 aromatic carbocycles. The number of amides is 1. The number of thiol groups is 1. The lowest BCUT2D eigenvalue weighted by atomic mass is 10.2. The molecule has 0 heterocycles.